The van der Waals surface area contributed by atoms with Crippen molar-refractivity contribution in [2.75, 3.05) is 53.4 Å². The third kappa shape index (κ3) is 10.5. The maximum atomic E-state index is 9.89. The van der Waals surface area contributed by atoms with Gasteiger partial charge in [0.1, 0.15) is 7.40 Å². The molecule has 132 valence electrons. The number of halogens is 1. The summed E-state index contributed by atoms with van der Waals surface area (Å²) in [5.74, 6) is 0. The lowest BCUT2D eigenvalue weighted by Crippen LogP contribution is -2.47. The summed E-state index contributed by atoms with van der Waals surface area (Å²) in [7, 11) is 1.58. The molecule has 0 radical (unpaired) electrons. The molecule has 2 rings (SSSR count). The van der Waals surface area contributed by atoms with E-state index < -0.39 is 7.40 Å². The minimum Gasteiger partial charge on any atom is -0.867 e. The Bertz CT molecular complexity index is 242. The SMILES string of the molecule is CC[N+]1(C)CCCCC1.CC[N+]1(C)CCCCC1.[O-]B([O-])F. The van der Waals surface area contributed by atoms with E-state index in [0.29, 0.717) is 0 Å². The van der Waals surface area contributed by atoms with Crippen LogP contribution in [-0.2, 0) is 0 Å². The number of quaternary nitrogens is 2. The molecule has 22 heavy (non-hydrogen) atoms. The van der Waals surface area contributed by atoms with Crippen LogP contribution in [0.4, 0.5) is 4.32 Å². The van der Waals surface area contributed by atoms with Gasteiger partial charge in [0.25, 0.3) is 0 Å². The molecule has 0 saturated carbocycles. The largest absolute Gasteiger partial charge is 0.867 e. The van der Waals surface area contributed by atoms with Crippen molar-refractivity contribution in [2.24, 2.45) is 0 Å². The molecule has 0 aromatic carbocycles. The van der Waals surface area contributed by atoms with Crippen LogP contribution in [0.1, 0.15) is 52.4 Å². The van der Waals surface area contributed by atoms with E-state index in [1.165, 1.54) is 86.8 Å². The zero-order valence-corrected chi connectivity index (χ0v) is 15.2. The van der Waals surface area contributed by atoms with Gasteiger partial charge in [-0.2, -0.15) is 0 Å². The summed E-state index contributed by atoms with van der Waals surface area (Å²) in [5, 5.41) is 16.6. The van der Waals surface area contributed by atoms with Gasteiger partial charge in [-0.05, 0) is 52.4 Å². The Morgan fingerprint density at radius 2 is 0.955 bits per heavy atom. The van der Waals surface area contributed by atoms with Gasteiger partial charge in [0.05, 0.1) is 53.4 Å². The fourth-order valence-electron chi connectivity index (χ4n) is 3.18. The second-order valence-electron chi connectivity index (χ2n) is 7.16. The highest BCUT2D eigenvalue weighted by atomic mass is 19.1. The van der Waals surface area contributed by atoms with Crippen LogP contribution in [0.5, 0.6) is 0 Å². The van der Waals surface area contributed by atoms with Crippen molar-refractivity contribution in [2.45, 2.75) is 52.4 Å². The normalized spacial score (nSPS) is 22.5. The fraction of sp³-hybridized carbons (Fsp3) is 1.00. The molecule has 0 unspecified atom stereocenters. The first-order valence-corrected chi connectivity index (χ1v) is 8.90. The zero-order valence-electron chi connectivity index (χ0n) is 15.2. The number of hydrogen-bond donors (Lipinski definition) is 0. The maximum Gasteiger partial charge on any atom is 0.121 e. The molecular formula is C16H36BFN2O2. The minimum atomic E-state index is -3.17. The summed E-state index contributed by atoms with van der Waals surface area (Å²) < 4.78 is 12.5. The van der Waals surface area contributed by atoms with Crippen molar-refractivity contribution in [3.05, 3.63) is 0 Å². The predicted octanol–water partition coefficient (Wildman–Crippen LogP) is 0.935. The monoisotopic (exact) mass is 318 g/mol. The van der Waals surface area contributed by atoms with Gasteiger partial charge in [0.15, 0.2) is 0 Å². The molecule has 2 saturated heterocycles. The molecule has 0 N–H and O–H groups in total. The average molecular weight is 318 g/mol. The smallest absolute Gasteiger partial charge is 0.121 e. The van der Waals surface area contributed by atoms with Gasteiger partial charge in [-0.15, -0.1) is 0 Å². The Balaban J connectivity index is 0.000000326. The quantitative estimate of drug-likeness (QED) is 0.562. The van der Waals surface area contributed by atoms with Gasteiger partial charge < -0.3 is 23.3 Å². The highest BCUT2D eigenvalue weighted by Crippen LogP contribution is 2.15. The molecule has 0 bridgehead atoms. The van der Waals surface area contributed by atoms with Crippen LogP contribution in [0, 0.1) is 0 Å². The summed E-state index contributed by atoms with van der Waals surface area (Å²) in [4.78, 5) is 0. The van der Waals surface area contributed by atoms with Crippen molar-refractivity contribution in [3.8, 4) is 0 Å². The average Bonchev–Trinajstić information content (AvgIpc) is 2.49. The van der Waals surface area contributed by atoms with E-state index in [-0.39, 0.29) is 0 Å². The van der Waals surface area contributed by atoms with Crippen LogP contribution in [0.25, 0.3) is 0 Å². The Hall–Kier alpha value is -0.165. The first-order chi connectivity index (χ1) is 10.3. The van der Waals surface area contributed by atoms with Crippen LogP contribution in [-0.4, -0.2) is 69.7 Å². The number of rotatable bonds is 2. The van der Waals surface area contributed by atoms with Gasteiger partial charge in [0, 0.05) is 0 Å². The lowest BCUT2D eigenvalue weighted by molar-refractivity contribution is -0.912. The molecule has 0 aromatic rings. The number of likely N-dealkylation sites (tertiary alicyclic amines) is 2. The Labute approximate surface area is 137 Å². The fourth-order valence-corrected chi connectivity index (χ4v) is 3.18. The Morgan fingerprint density at radius 1 is 0.727 bits per heavy atom. The standard InChI is InChI=1S/2C8H18N.BFO2/c2*1-3-9(2)7-5-4-6-8-9;2-1(3)4/h2*3-8H2,1-2H3;/q2*+1;-2. The molecule has 0 amide bonds. The van der Waals surface area contributed by atoms with Crippen LogP contribution < -0.4 is 10.0 Å². The van der Waals surface area contributed by atoms with Crippen LogP contribution >= 0.6 is 0 Å². The number of nitrogens with zero attached hydrogens (tertiary/aromatic N) is 2. The maximum absolute atomic E-state index is 9.89. The van der Waals surface area contributed by atoms with Gasteiger partial charge in [-0.3, -0.25) is 0 Å². The summed E-state index contributed by atoms with van der Waals surface area (Å²) in [6, 6.07) is 0. The third-order valence-electron chi connectivity index (χ3n) is 5.32. The molecule has 0 aromatic heterocycles. The molecular weight excluding hydrogens is 282 g/mol. The number of hydrogen-bond acceptors (Lipinski definition) is 2. The van der Waals surface area contributed by atoms with E-state index in [4.69, 9.17) is 10.0 Å². The Morgan fingerprint density at radius 3 is 1.09 bits per heavy atom. The van der Waals surface area contributed by atoms with Crippen molar-refractivity contribution in [1.29, 1.82) is 0 Å². The van der Waals surface area contributed by atoms with Gasteiger partial charge in [-0.25, -0.2) is 0 Å². The van der Waals surface area contributed by atoms with E-state index in [0.717, 1.165) is 0 Å². The topological polar surface area (TPSA) is 46.1 Å². The summed E-state index contributed by atoms with van der Waals surface area (Å²) in [6.07, 6.45) is 8.73. The van der Waals surface area contributed by atoms with E-state index in [9.17, 15) is 4.32 Å². The molecule has 2 aliphatic heterocycles. The predicted molar refractivity (Wildman–Crippen MR) is 87.5 cm³/mol. The molecule has 4 nitrogen and oxygen atoms in total. The van der Waals surface area contributed by atoms with Crippen molar-refractivity contribution >= 4 is 7.40 Å². The van der Waals surface area contributed by atoms with Crippen LogP contribution in [0.3, 0.4) is 0 Å². The van der Waals surface area contributed by atoms with E-state index in [1.807, 2.05) is 0 Å². The molecule has 0 atom stereocenters. The summed E-state index contributed by atoms with van der Waals surface area (Å²) in [5.41, 5.74) is 0. The first-order valence-electron chi connectivity index (χ1n) is 8.90. The van der Waals surface area contributed by atoms with Crippen LogP contribution in [0.2, 0.25) is 0 Å². The molecule has 2 fully saturated rings. The molecule has 0 aliphatic carbocycles. The van der Waals surface area contributed by atoms with E-state index in [2.05, 4.69) is 27.9 Å². The van der Waals surface area contributed by atoms with E-state index >= 15 is 0 Å². The molecule has 6 heteroatoms. The zero-order chi connectivity index (χ0) is 17.1. The molecule has 2 heterocycles. The highest BCUT2D eigenvalue weighted by Gasteiger charge is 2.22. The lowest BCUT2D eigenvalue weighted by Gasteiger charge is -2.36. The minimum absolute atomic E-state index is 1.32. The van der Waals surface area contributed by atoms with Crippen molar-refractivity contribution < 1.29 is 23.3 Å². The third-order valence-corrected chi connectivity index (χ3v) is 5.32. The van der Waals surface area contributed by atoms with E-state index in [1.54, 1.807) is 0 Å². The van der Waals surface area contributed by atoms with Gasteiger partial charge >= 0.3 is 0 Å². The Kier molecular flexibility index (Phi) is 11.3. The van der Waals surface area contributed by atoms with Gasteiger partial charge in [-0.1, -0.05) is 0 Å². The first kappa shape index (κ1) is 21.8. The van der Waals surface area contributed by atoms with Crippen molar-refractivity contribution in [3.63, 3.8) is 0 Å². The second-order valence-corrected chi connectivity index (χ2v) is 7.16. The lowest BCUT2D eigenvalue weighted by atomic mass is 10.1. The molecule has 0 spiro atoms. The highest BCUT2D eigenvalue weighted by molar-refractivity contribution is 6.27. The van der Waals surface area contributed by atoms with Crippen molar-refractivity contribution in [1.82, 2.24) is 0 Å². The second kappa shape index (κ2) is 11.4. The summed E-state index contributed by atoms with van der Waals surface area (Å²) >= 11 is 0. The molecule has 2 aliphatic rings. The van der Waals surface area contributed by atoms with Crippen LogP contribution in [0.15, 0.2) is 0 Å². The number of piperidine rings is 2. The summed E-state index contributed by atoms with van der Waals surface area (Å²) in [6.45, 7) is 12.9. The van der Waals surface area contributed by atoms with Gasteiger partial charge in [0.2, 0.25) is 0 Å².